The molecule has 0 aliphatic carbocycles. The highest BCUT2D eigenvalue weighted by Gasteiger charge is 2.16. The zero-order chi connectivity index (χ0) is 19.3. The summed E-state index contributed by atoms with van der Waals surface area (Å²) < 4.78 is 28.7. The second kappa shape index (κ2) is 9.01. The number of hydrogen-bond donors (Lipinski definition) is 2. The second-order valence-electron chi connectivity index (χ2n) is 5.91. The maximum absolute atomic E-state index is 12.0. The van der Waals surface area contributed by atoms with Crippen molar-refractivity contribution < 1.29 is 17.9 Å². The molecule has 27 heavy (non-hydrogen) atoms. The first kappa shape index (κ1) is 20.1. The summed E-state index contributed by atoms with van der Waals surface area (Å²) in [5.74, 6) is 2.59. The van der Waals surface area contributed by atoms with Gasteiger partial charge in [-0.05, 0) is 53.8 Å². The SMILES string of the molecule is NS(=O)(=O)c1cccc(NC(=O)COc2ccc(C3SCCCS3)cc2)c1. The van der Waals surface area contributed by atoms with E-state index >= 15 is 0 Å². The van der Waals surface area contributed by atoms with Crippen molar-refractivity contribution in [1.82, 2.24) is 0 Å². The van der Waals surface area contributed by atoms with Crippen LogP contribution < -0.4 is 15.2 Å². The molecule has 1 heterocycles. The Balaban J connectivity index is 1.53. The van der Waals surface area contributed by atoms with E-state index in [0.29, 0.717) is 16.0 Å². The third kappa shape index (κ3) is 5.90. The molecule has 6 nitrogen and oxygen atoms in total. The summed E-state index contributed by atoms with van der Waals surface area (Å²) >= 11 is 3.90. The van der Waals surface area contributed by atoms with Gasteiger partial charge in [0.2, 0.25) is 10.0 Å². The lowest BCUT2D eigenvalue weighted by Crippen LogP contribution is -2.20. The lowest BCUT2D eigenvalue weighted by molar-refractivity contribution is -0.118. The smallest absolute Gasteiger partial charge is 0.262 e. The molecule has 2 aromatic rings. The third-order valence-electron chi connectivity index (χ3n) is 3.80. The molecule has 1 fully saturated rings. The summed E-state index contributed by atoms with van der Waals surface area (Å²) in [5.41, 5.74) is 1.60. The lowest BCUT2D eigenvalue weighted by atomic mass is 10.2. The van der Waals surface area contributed by atoms with Gasteiger partial charge < -0.3 is 10.1 Å². The average Bonchev–Trinajstić information content (AvgIpc) is 2.67. The molecule has 1 aliphatic heterocycles. The van der Waals surface area contributed by atoms with E-state index in [-0.39, 0.29) is 17.4 Å². The summed E-state index contributed by atoms with van der Waals surface area (Å²) in [6.07, 6.45) is 1.25. The molecule has 0 aromatic heterocycles. The minimum Gasteiger partial charge on any atom is -0.484 e. The molecule has 1 aliphatic rings. The van der Waals surface area contributed by atoms with Crippen LogP contribution in [0.5, 0.6) is 5.75 Å². The van der Waals surface area contributed by atoms with Crippen LogP contribution in [0.3, 0.4) is 0 Å². The first-order chi connectivity index (χ1) is 12.9. The van der Waals surface area contributed by atoms with Gasteiger partial charge in [-0.15, -0.1) is 23.5 Å². The van der Waals surface area contributed by atoms with Gasteiger partial charge in [-0.2, -0.15) is 0 Å². The van der Waals surface area contributed by atoms with Gasteiger partial charge in [-0.3, -0.25) is 4.79 Å². The van der Waals surface area contributed by atoms with Crippen molar-refractivity contribution in [3.63, 3.8) is 0 Å². The van der Waals surface area contributed by atoms with E-state index in [0.717, 1.165) is 0 Å². The maximum Gasteiger partial charge on any atom is 0.262 e. The molecule has 3 N–H and O–H groups in total. The zero-order valence-electron chi connectivity index (χ0n) is 14.5. The Morgan fingerprint density at radius 1 is 1.15 bits per heavy atom. The minimum absolute atomic E-state index is 0.0599. The van der Waals surface area contributed by atoms with Crippen LogP contribution in [0.4, 0.5) is 5.69 Å². The van der Waals surface area contributed by atoms with Gasteiger partial charge >= 0.3 is 0 Å². The topological polar surface area (TPSA) is 98.5 Å². The fourth-order valence-electron chi connectivity index (χ4n) is 2.50. The molecule has 1 amide bonds. The third-order valence-corrected chi connectivity index (χ3v) is 7.72. The maximum atomic E-state index is 12.0. The van der Waals surface area contributed by atoms with Crippen molar-refractivity contribution in [2.45, 2.75) is 15.9 Å². The summed E-state index contributed by atoms with van der Waals surface area (Å²) in [6, 6.07) is 13.5. The molecular formula is C18H20N2O4S3. The highest BCUT2D eigenvalue weighted by molar-refractivity contribution is 8.16. The molecule has 0 unspecified atom stereocenters. The summed E-state index contributed by atoms with van der Waals surface area (Å²) in [4.78, 5) is 12.0. The van der Waals surface area contributed by atoms with E-state index < -0.39 is 10.0 Å². The van der Waals surface area contributed by atoms with Crippen molar-refractivity contribution >= 4 is 45.1 Å². The van der Waals surface area contributed by atoms with E-state index in [1.165, 1.54) is 41.7 Å². The Morgan fingerprint density at radius 3 is 2.52 bits per heavy atom. The number of nitrogens with one attached hydrogen (secondary N) is 1. The van der Waals surface area contributed by atoms with E-state index in [4.69, 9.17) is 9.88 Å². The average molecular weight is 425 g/mol. The standard InChI is InChI=1S/C18H20N2O4S3/c19-27(22,23)16-4-1-3-14(11-16)20-17(21)12-24-15-7-5-13(6-8-15)18-25-9-2-10-26-18/h1,3-8,11,18H,2,9-10,12H2,(H,20,21)(H2,19,22,23). The van der Waals surface area contributed by atoms with E-state index in [1.54, 1.807) is 6.07 Å². The van der Waals surface area contributed by atoms with Crippen molar-refractivity contribution in [3.8, 4) is 5.75 Å². The van der Waals surface area contributed by atoms with Crippen molar-refractivity contribution in [1.29, 1.82) is 0 Å². The Labute approximate surface area is 167 Å². The molecule has 0 spiro atoms. The molecule has 0 saturated carbocycles. The lowest BCUT2D eigenvalue weighted by Gasteiger charge is -2.21. The molecule has 0 atom stereocenters. The summed E-state index contributed by atoms with van der Waals surface area (Å²) in [6.45, 7) is -0.175. The molecule has 144 valence electrons. The van der Waals surface area contributed by atoms with Gasteiger partial charge in [0.15, 0.2) is 6.61 Å². The monoisotopic (exact) mass is 424 g/mol. The number of primary sulfonamides is 1. The summed E-state index contributed by atoms with van der Waals surface area (Å²) in [5, 5.41) is 7.69. The fraction of sp³-hybridized carbons (Fsp3) is 0.278. The van der Waals surface area contributed by atoms with Crippen LogP contribution in [-0.4, -0.2) is 32.4 Å². The van der Waals surface area contributed by atoms with Crippen LogP contribution in [0.15, 0.2) is 53.4 Å². The molecule has 3 rings (SSSR count). The molecule has 9 heteroatoms. The van der Waals surface area contributed by atoms with Crippen LogP contribution in [0, 0.1) is 0 Å². The highest BCUT2D eigenvalue weighted by atomic mass is 32.2. The van der Waals surface area contributed by atoms with Gasteiger partial charge in [0.25, 0.3) is 5.91 Å². The number of anilines is 1. The molecule has 0 radical (unpaired) electrons. The van der Waals surface area contributed by atoms with E-state index in [2.05, 4.69) is 5.32 Å². The summed E-state index contributed by atoms with van der Waals surface area (Å²) in [7, 11) is -3.82. The number of carbonyl (C=O) groups is 1. The number of amides is 1. The van der Waals surface area contributed by atoms with Crippen molar-refractivity contribution in [2.75, 3.05) is 23.4 Å². The Hall–Kier alpha value is -1.68. The molecular weight excluding hydrogens is 404 g/mol. The molecule has 0 bridgehead atoms. The van der Waals surface area contributed by atoms with Crippen LogP contribution >= 0.6 is 23.5 Å². The minimum atomic E-state index is -3.82. The van der Waals surface area contributed by atoms with Crippen molar-refractivity contribution in [2.24, 2.45) is 5.14 Å². The first-order valence-corrected chi connectivity index (χ1v) is 11.9. The van der Waals surface area contributed by atoms with E-state index in [9.17, 15) is 13.2 Å². The predicted molar refractivity (Wildman–Crippen MR) is 111 cm³/mol. The van der Waals surface area contributed by atoms with Gasteiger partial charge in [-0.1, -0.05) is 18.2 Å². The number of rotatable bonds is 6. The molecule has 1 saturated heterocycles. The molecule has 2 aromatic carbocycles. The van der Waals surface area contributed by atoms with Crippen LogP contribution in [0.1, 0.15) is 16.6 Å². The van der Waals surface area contributed by atoms with Gasteiger partial charge in [0.1, 0.15) is 5.75 Å². The van der Waals surface area contributed by atoms with Gasteiger partial charge in [-0.25, -0.2) is 13.6 Å². The zero-order valence-corrected chi connectivity index (χ0v) is 16.9. The number of sulfonamides is 1. The number of carbonyl (C=O) groups excluding carboxylic acids is 1. The Morgan fingerprint density at radius 2 is 1.85 bits per heavy atom. The quantitative estimate of drug-likeness (QED) is 0.739. The largest absolute Gasteiger partial charge is 0.484 e. The highest BCUT2D eigenvalue weighted by Crippen LogP contribution is 2.43. The number of thioether (sulfide) groups is 2. The normalized spacial score (nSPS) is 15.3. The number of benzene rings is 2. The van der Waals surface area contributed by atoms with Crippen LogP contribution in [0.25, 0.3) is 0 Å². The van der Waals surface area contributed by atoms with Crippen LogP contribution in [-0.2, 0) is 14.8 Å². The number of hydrogen-bond acceptors (Lipinski definition) is 6. The van der Waals surface area contributed by atoms with Crippen molar-refractivity contribution in [3.05, 3.63) is 54.1 Å². The number of ether oxygens (including phenoxy) is 1. The number of nitrogens with two attached hydrogens (primary N) is 1. The van der Waals surface area contributed by atoms with E-state index in [1.807, 2.05) is 47.8 Å². The van der Waals surface area contributed by atoms with Gasteiger partial charge in [0, 0.05) is 5.69 Å². The Bertz CT molecular complexity index is 895. The first-order valence-electron chi connectivity index (χ1n) is 8.30. The Kier molecular flexibility index (Phi) is 6.69. The second-order valence-corrected chi connectivity index (χ2v) is 10.2. The van der Waals surface area contributed by atoms with Crippen LogP contribution in [0.2, 0.25) is 0 Å². The fourth-order valence-corrected chi connectivity index (χ4v) is 5.95. The predicted octanol–water partition coefficient (Wildman–Crippen LogP) is 3.22. The van der Waals surface area contributed by atoms with Gasteiger partial charge in [0.05, 0.1) is 9.48 Å².